The predicted octanol–water partition coefficient (Wildman–Crippen LogP) is 2.24. The van der Waals surface area contributed by atoms with Gasteiger partial charge in [0.2, 0.25) is 21.8 Å². The van der Waals surface area contributed by atoms with Crippen molar-refractivity contribution >= 4 is 27.5 Å². The van der Waals surface area contributed by atoms with Crippen LogP contribution in [-0.2, 0) is 26.2 Å². The number of carbonyl (C=O) groups is 2. The van der Waals surface area contributed by atoms with Crippen molar-refractivity contribution in [2.45, 2.75) is 24.8 Å². The minimum absolute atomic E-state index is 0.0405. The van der Waals surface area contributed by atoms with Gasteiger partial charge in [0, 0.05) is 39.3 Å². The average Bonchev–Trinajstić information content (AvgIpc) is 3.10. The summed E-state index contributed by atoms with van der Waals surface area (Å²) in [6.45, 7) is 2.77. The Morgan fingerprint density at radius 1 is 1.19 bits per heavy atom. The van der Waals surface area contributed by atoms with E-state index in [2.05, 4.69) is 5.32 Å². The van der Waals surface area contributed by atoms with E-state index in [-0.39, 0.29) is 28.9 Å². The molecule has 1 fully saturated rings. The smallest absolute Gasteiger partial charge is 0.246 e. The molecule has 1 aliphatic heterocycles. The van der Waals surface area contributed by atoms with Gasteiger partial charge in [-0.15, -0.1) is 0 Å². The summed E-state index contributed by atoms with van der Waals surface area (Å²) in [6.07, 6.45) is 0.122. The molecule has 0 aliphatic carbocycles. The Labute approximate surface area is 182 Å². The van der Waals surface area contributed by atoms with E-state index in [1.807, 2.05) is 31.2 Å². The third-order valence-corrected chi connectivity index (χ3v) is 7.11. The van der Waals surface area contributed by atoms with E-state index in [4.69, 9.17) is 4.74 Å². The fourth-order valence-electron chi connectivity index (χ4n) is 3.41. The number of nitrogens with zero attached hydrogens (tertiary/aromatic N) is 2. The van der Waals surface area contributed by atoms with Gasteiger partial charge in [-0.1, -0.05) is 29.8 Å². The van der Waals surface area contributed by atoms with Gasteiger partial charge in [0.1, 0.15) is 10.6 Å². The summed E-state index contributed by atoms with van der Waals surface area (Å²) >= 11 is 0. The van der Waals surface area contributed by atoms with E-state index in [0.29, 0.717) is 18.8 Å². The monoisotopic (exact) mass is 445 g/mol. The number of likely N-dealkylation sites (tertiary alicyclic amines) is 1. The SMILES string of the molecule is COc1ccc(NC(=O)C2CC(=O)N(Cc3ccc(C)cc3)C2)cc1S(=O)(=O)N(C)C. The Balaban J connectivity index is 1.72. The largest absolute Gasteiger partial charge is 0.495 e. The van der Waals surface area contributed by atoms with Crippen LogP contribution in [-0.4, -0.2) is 57.2 Å². The molecule has 0 aromatic heterocycles. The molecule has 3 rings (SSSR count). The normalized spacial score (nSPS) is 16.6. The molecule has 2 amide bonds. The maximum absolute atomic E-state index is 12.8. The first-order chi connectivity index (χ1) is 14.6. The predicted molar refractivity (Wildman–Crippen MR) is 117 cm³/mol. The van der Waals surface area contributed by atoms with Gasteiger partial charge in [0.15, 0.2) is 0 Å². The molecule has 0 bridgehead atoms. The van der Waals surface area contributed by atoms with Crippen molar-refractivity contribution in [3.05, 3.63) is 53.6 Å². The summed E-state index contributed by atoms with van der Waals surface area (Å²) in [6, 6.07) is 12.4. The van der Waals surface area contributed by atoms with Crippen LogP contribution < -0.4 is 10.1 Å². The van der Waals surface area contributed by atoms with Gasteiger partial charge < -0.3 is 15.0 Å². The minimum atomic E-state index is -3.76. The van der Waals surface area contributed by atoms with Crippen molar-refractivity contribution in [1.82, 2.24) is 9.21 Å². The molecular formula is C22H27N3O5S. The molecule has 8 nitrogen and oxygen atoms in total. The van der Waals surface area contributed by atoms with E-state index >= 15 is 0 Å². The van der Waals surface area contributed by atoms with Crippen molar-refractivity contribution in [2.75, 3.05) is 33.1 Å². The number of aryl methyl sites for hydroxylation is 1. The maximum atomic E-state index is 12.8. The molecule has 1 aliphatic rings. The lowest BCUT2D eigenvalue weighted by Crippen LogP contribution is -2.28. The lowest BCUT2D eigenvalue weighted by atomic mass is 10.1. The summed E-state index contributed by atoms with van der Waals surface area (Å²) in [7, 11) is 0.473. The Hall–Kier alpha value is -2.91. The Morgan fingerprint density at radius 2 is 1.87 bits per heavy atom. The molecule has 1 saturated heterocycles. The quantitative estimate of drug-likeness (QED) is 0.705. The van der Waals surface area contributed by atoms with Gasteiger partial charge in [-0.2, -0.15) is 0 Å². The molecule has 2 aromatic rings. The molecule has 1 N–H and O–H groups in total. The minimum Gasteiger partial charge on any atom is -0.495 e. The lowest BCUT2D eigenvalue weighted by molar-refractivity contribution is -0.128. The molecule has 166 valence electrons. The summed E-state index contributed by atoms with van der Waals surface area (Å²) in [4.78, 5) is 26.8. The molecule has 1 atom stereocenters. The molecule has 0 spiro atoms. The van der Waals surface area contributed by atoms with Crippen LogP contribution in [0.25, 0.3) is 0 Å². The fraction of sp³-hybridized carbons (Fsp3) is 0.364. The number of anilines is 1. The summed E-state index contributed by atoms with van der Waals surface area (Å²) in [5.74, 6) is -0.717. The summed E-state index contributed by atoms with van der Waals surface area (Å²) in [5, 5.41) is 2.74. The maximum Gasteiger partial charge on any atom is 0.246 e. The highest BCUT2D eigenvalue weighted by atomic mass is 32.2. The number of rotatable bonds is 7. The van der Waals surface area contributed by atoms with Crippen LogP contribution in [0.3, 0.4) is 0 Å². The summed E-state index contributed by atoms with van der Waals surface area (Å²) in [5.41, 5.74) is 2.48. The van der Waals surface area contributed by atoms with Crippen molar-refractivity contribution in [3.8, 4) is 5.75 Å². The van der Waals surface area contributed by atoms with Crippen LogP contribution in [0, 0.1) is 12.8 Å². The molecule has 1 heterocycles. The van der Waals surface area contributed by atoms with E-state index in [1.54, 1.807) is 11.0 Å². The number of methoxy groups -OCH3 is 1. The molecular weight excluding hydrogens is 418 g/mol. The Morgan fingerprint density at radius 3 is 2.48 bits per heavy atom. The van der Waals surface area contributed by atoms with Crippen molar-refractivity contribution in [2.24, 2.45) is 5.92 Å². The first kappa shape index (κ1) is 22.8. The molecule has 31 heavy (non-hydrogen) atoms. The van der Waals surface area contributed by atoms with Crippen molar-refractivity contribution < 1.29 is 22.7 Å². The zero-order valence-corrected chi connectivity index (χ0v) is 18.9. The number of benzene rings is 2. The molecule has 0 radical (unpaired) electrons. The third kappa shape index (κ3) is 5.05. The van der Waals surface area contributed by atoms with Crippen LogP contribution in [0.5, 0.6) is 5.75 Å². The van der Waals surface area contributed by atoms with Crippen LogP contribution >= 0.6 is 0 Å². The topological polar surface area (TPSA) is 96.0 Å². The van der Waals surface area contributed by atoms with Crippen LogP contribution in [0.15, 0.2) is 47.4 Å². The standard InChI is InChI=1S/C22H27N3O5S/c1-15-5-7-16(8-6-15)13-25-14-17(11-21(25)26)22(27)23-18-9-10-19(30-4)20(12-18)31(28,29)24(2)3/h5-10,12,17H,11,13-14H2,1-4H3,(H,23,27). The zero-order valence-electron chi connectivity index (χ0n) is 18.1. The van der Waals surface area contributed by atoms with Gasteiger partial charge in [-0.25, -0.2) is 12.7 Å². The van der Waals surface area contributed by atoms with Crippen LogP contribution in [0.4, 0.5) is 5.69 Å². The van der Waals surface area contributed by atoms with Gasteiger partial charge in [-0.05, 0) is 30.7 Å². The van der Waals surface area contributed by atoms with E-state index in [9.17, 15) is 18.0 Å². The van der Waals surface area contributed by atoms with Gasteiger partial charge in [-0.3, -0.25) is 9.59 Å². The molecule has 0 saturated carbocycles. The second kappa shape index (κ2) is 9.07. The number of sulfonamides is 1. The number of hydrogen-bond acceptors (Lipinski definition) is 5. The molecule has 1 unspecified atom stereocenters. The highest BCUT2D eigenvalue weighted by Crippen LogP contribution is 2.29. The van der Waals surface area contributed by atoms with Gasteiger partial charge >= 0.3 is 0 Å². The number of ether oxygens (including phenoxy) is 1. The zero-order chi connectivity index (χ0) is 22.8. The number of carbonyl (C=O) groups excluding carboxylic acids is 2. The third-order valence-electron chi connectivity index (χ3n) is 5.27. The van der Waals surface area contributed by atoms with Crippen LogP contribution in [0.1, 0.15) is 17.5 Å². The second-order valence-electron chi connectivity index (χ2n) is 7.80. The van der Waals surface area contributed by atoms with E-state index in [0.717, 1.165) is 15.4 Å². The lowest BCUT2D eigenvalue weighted by Gasteiger charge is -2.18. The van der Waals surface area contributed by atoms with E-state index < -0.39 is 15.9 Å². The second-order valence-corrected chi connectivity index (χ2v) is 9.92. The fourth-order valence-corrected chi connectivity index (χ4v) is 4.49. The van der Waals surface area contributed by atoms with Crippen molar-refractivity contribution in [1.29, 1.82) is 0 Å². The van der Waals surface area contributed by atoms with Gasteiger partial charge in [0.25, 0.3) is 0 Å². The number of hydrogen-bond donors (Lipinski definition) is 1. The number of nitrogens with one attached hydrogen (secondary N) is 1. The average molecular weight is 446 g/mol. The van der Waals surface area contributed by atoms with E-state index in [1.165, 1.54) is 33.3 Å². The highest BCUT2D eigenvalue weighted by molar-refractivity contribution is 7.89. The highest BCUT2D eigenvalue weighted by Gasteiger charge is 2.34. The van der Waals surface area contributed by atoms with Crippen molar-refractivity contribution in [3.63, 3.8) is 0 Å². The van der Waals surface area contributed by atoms with Gasteiger partial charge in [0.05, 0.1) is 13.0 Å². The molecule has 9 heteroatoms. The Kier molecular flexibility index (Phi) is 6.66. The Bertz CT molecular complexity index is 1080. The van der Waals surface area contributed by atoms with Crippen LogP contribution in [0.2, 0.25) is 0 Å². The summed E-state index contributed by atoms with van der Waals surface area (Å²) < 4.78 is 31.4. The number of amides is 2. The first-order valence-corrected chi connectivity index (χ1v) is 11.3. The molecule has 2 aromatic carbocycles. The first-order valence-electron chi connectivity index (χ1n) is 9.86.